The van der Waals surface area contributed by atoms with E-state index in [0.717, 1.165) is 41.3 Å². The van der Waals surface area contributed by atoms with E-state index < -0.39 is 66.3 Å². The topological polar surface area (TPSA) is 146 Å². The first-order valence-electron chi connectivity index (χ1n) is 16.6. The number of hydrogen-bond acceptors (Lipinski definition) is 10. The minimum Gasteiger partial charge on any atom is -0.460 e. The Hall–Kier alpha value is -5.77. The zero-order chi connectivity index (χ0) is 40.1. The summed E-state index contributed by atoms with van der Waals surface area (Å²) in [6.45, 7) is 2.07. The number of amides is 1. The Bertz CT molecular complexity index is 2210. The smallest absolute Gasteiger partial charge is 0.416 e. The van der Waals surface area contributed by atoms with E-state index in [9.17, 15) is 32.3 Å². The molecule has 18 heteroatoms. The van der Waals surface area contributed by atoms with Crippen LogP contribution in [0.3, 0.4) is 0 Å². The molecule has 0 spiro atoms. The molecule has 2 N–H and O–H groups in total. The number of carbonyl (C=O) groups excluding carboxylic acids is 2. The van der Waals surface area contributed by atoms with Crippen molar-refractivity contribution < 1.29 is 50.7 Å². The van der Waals surface area contributed by atoms with E-state index in [1.807, 2.05) is 6.07 Å². The van der Waals surface area contributed by atoms with Crippen LogP contribution in [0.25, 0.3) is 11.3 Å². The fraction of sp³-hybridized carbons (Fsp3) is 0.297. The Morgan fingerprint density at radius 1 is 1.11 bits per heavy atom. The lowest BCUT2D eigenvalue weighted by atomic mass is 9.82. The zero-order valence-corrected chi connectivity index (χ0v) is 30.7. The molecule has 55 heavy (non-hydrogen) atoms. The number of anilines is 1. The fourth-order valence-electron chi connectivity index (χ4n) is 5.59. The molecule has 2 aromatic heterocycles. The number of ether oxygens (including phenoxy) is 2. The number of benzene rings is 3. The molecule has 0 saturated carbocycles. The molecule has 2 heterocycles. The van der Waals surface area contributed by atoms with Crippen LogP contribution in [-0.2, 0) is 39.2 Å². The summed E-state index contributed by atoms with van der Waals surface area (Å²) in [6, 6.07) is 14.1. The number of rotatable bonds is 13. The standard InChI is InChI=1S/C37H35F5N7O5S/c1-22(34-46-31(18-55-34)25-7-5-24(15-43)6-8-25)36(52,29-14-28(38)11-12-30(29)39)19-49-21-48(20-45-49)23(2)54-35(51)47(4)32-13-27(37(40,41)42)10-9-26(32)17-53-33(50)16-44-3/h5-14,18,20-23,44,52H,16-17,19H2,1-4H3/q+1. The third-order valence-corrected chi connectivity index (χ3v) is 9.79. The molecule has 0 aliphatic carbocycles. The first-order valence-corrected chi connectivity index (χ1v) is 17.4. The van der Waals surface area contributed by atoms with Crippen molar-refractivity contribution in [2.75, 3.05) is 25.5 Å². The SMILES string of the molecule is CNCC(=O)OCc1ccc(C(F)(F)F)cc1N(C)C(=O)OC(C)[n+]1cnn(CC(O)(c2cc(F)ccc2F)C(C)c2nc(-c3ccc(C#N)cc3)cs2)c1. The van der Waals surface area contributed by atoms with Crippen LogP contribution >= 0.6 is 11.3 Å². The van der Waals surface area contributed by atoms with Crippen molar-refractivity contribution in [3.05, 3.63) is 118 Å². The van der Waals surface area contributed by atoms with Crippen LogP contribution in [0.4, 0.5) is 32.4 Å². The maximum Gasteiger partial charge on any atom is 0.416 e. The van der Waals surface area contributed by atoms with Gasteiger partial charge in [-0.3, -0.25) is 9.69 Å². The lowest BCUT2D eigenvalue weighted by molar-refractivity contribution is -0.753. The van der Waals surface area contributed by atoms with Gasteiger partial charge in [0, 0.05) is 47.1 Å². The molecule has 0 fully saturated rings. The van der Waals surface area contributed by atoms with Gasteiger partial charge in [-0.15, -0.1) is 16.0 Å². The summed E-state index contributed by atoms with van der Waals surface area (Å²) in [5.41, 5.74) is -1.94. The maximum absolute atomic E-state index is 15.4. The number of carbonyl (C=O) groups is 2. The number of aromatic nitrogens is 4. The highest BCUT2D eigenvalue weighted by atomic mass is 32.1. The molecular weight excluding hydrogens is 750 g/mol. The molecule has 3 atom stereocenters. The minimum atomic E-state index is -4.74. The number of nitrogens with zero attached hydrogens (tertiary/aromatic N) is 6. The summed E-state index contributed by atoms with van der Waals surface area (Å²) in [7, 11) is 2.71. The molecule has 0 aliphatic heterocycles. The highest BCUT2D eigenvalue weighted by Gasteiger charge is 2.44. The molecule has 1 amide bonds. The van der Waals surface area contributed by atoms with E-state index >= 15 is 4.39 Å². The predicted octanol–water partition coefficient (Wildman–Crippen LogP) is 6.21. The van der Waals surface area contributed by atoms with Gasteiger partial charge in [0.1, 0.15) is 30.4 Å². The largest absolute Gasteiger partial charge is 0.460 e. The average molecular weight is 785 g/mol. The summed E-state index contributed by atoms with van der Waals surface area (Å²) >= 11 is 1.19. The Morgan fingerprint density at radius 3 is 2.51 bits per heavy atom. The van der Waals surface area contributed by atoms with Crippen LogP contribution in [0.1, 0.15) is 53.3 Å². The van der Waals surface area contributed by atoms with Crippen molar-refractivity contribution in [1.82, 2.24) is 20.1 Å². The summed E-state index contributed by atoms with van der Waals surface area (Å²) in [6.07, 6.45) is -4.33. The van der Waals surface area contributed by atoms with E-state index in [1.54, 1.807) is 36.6 Å². The normalized spacial score (nSPS) is 13.7. The van der Waals surface area contributed by atoms with Crippen LogP contribution in [-0.4, -0.2) is 52.6 Å². The van der Waals surface area contributed by atoms with E-state index in [0.29, 0.717) is 21.8 Å². The van der Waals surface area contributed by atoms with Crippen molar-refractivity contribution in [3.8, 4) is 17.3 Å². The van der Waals surface area contributed by atoms with E-state index in [-0.39, 0.29) is 23.4 Å². The Labute approximate surface area is 316 Å². The first-order chi connectivity index (χ1) is 26.0. The Morgan fingerprint density at radius 2 is 1.84 bits per heavy atom. The monoisotopic (exact) mass is 784 g/mol. The lowest BCUT2D eigenvalue weighted by Gasteiger charge is -2.32. The molecule has 12 nitrogen and oxygen atoms in total. The summed E-state index contributed by atoms with van der Waals surface area (Å²) < 4.78 is 83.9. The number of esters is 1. The molecule has 0 bridgehead atoms. The molecule has 5 aromatic rings. The fourth-order valence-corrected chi connectivity index (χ4v) is 6.56. The number of halogens is 5. The van der Waals surface area contributed by atoms with Crippen molar-refractivity contribution in [3.63, 3.8) is 0 Å². The lowest BCUT2D eigenvalue weighted by Crippen LogP contribution is -2.42. The molecule has 0 aliphatic rings. The van der Waals surface area contributed by atoms with Crippen LogP contribution in [0.2, 0.25) is 0 Å². The number of hydrogen-bond donors (Lipinski definition) is 2. The molecule has 0 radical (unpaired) electrons. The molecule has 3 aromatic carbocycles. The van der Waals surface area contributed by atoms with Crippen LogP contribution in [0.15, 0.2) is 78.7 Å². The van der Waals surface area contributed by atoms with Gasteiger partial charge in [-0.05, 0) is 49.5 Å². The van der Waals surface area contributed by atoms with E-state index in [1.165, 1.54) is 54.3 Å². The minimum absolute atomic E-state index is 0.104. The number of alkyl halides is 3. The predicted molar refractivity (Wildman–Crippen MR) is 188 cm³/mol. The van der Waals surface area contributed by atoms with Gasteiger partial charge in [-0.1, -0.05) is 25.1 Å². The van der Waals surface area contributed by atoms with Crippen LogP contribution < -0.4 is 14.8 Å². The summed E-state index contributed by atoms with van der Waals surface area (Å²) in [5.74, 6) is -3.27. The van der Waals surface area contributed by atoms with Crippen molar-refractivity contribution in [2.24, 2.45) is 0 Å². The second kappa shape index (κ2) is 16.7. The number of likely N-dealkylation sites (N-methyl/N-ethyl adjacent to an activating group) is 1. The number of nitrogens with one attached hydrogen (secondary N) is 1. The molecule has 288 valence electrons. The van der Waals surface area contributed by atoms with Crippen molar-refractivity contribution >= 4 is 29.1 Å². The molecule has 3 unspecified atom stereocenters. The van der Waals surface area contributed by atoms with Gasteiger partial charge < -0.3 is 19.9 Å². The third-order valence-electron chi connectivity index (χ3n) is 8.77. The van der Waals surface area contributed by atoms with Gasteiger partial charge in [0.15, 0.2) is 0 Å². The van der Waals surface area contributed by atoms with Gasteiger partial charge in [0.25, 0.3) is 6.33 Å². The van der Waals surface area contributed by atoms with Gasteiger partial charge in [0.2, 0.25) is 12.6 Å². The number of thiazole rings is 1. The summed E-state index contributed by atoms with van der Waals surface area (Å²) in [5, 5.41) is 30.4. The maximum atomic E-state index is 15.4. The highest BCUT2D eigenvalue weighted by molar-refractivity contribution is 7.10. The third kappa shape index (κ3) is 9.31. The number of nitriles is 1. The highest BCUT2D eigenvalue weighted by Crippen LogP contribution is 2.42. The Balaban J connectivity index is 1.38. The van der Waals surface area contributed by atoms with Crippen LogP contribution in [0, 0.1) is 23.0 Å². The summed E-state index contributed by atoms with van der Waals surface area (Å²) in [4.78, 5) is 30.7. The zero-order valence-electron chi connectivity index (χ0n) is 29.8. The second-order valence-electron chi connectivity index (χ2n) is 12.5. The van der Waals surface area contributed by atoms with Gasteiger partial charge in [0.05, 0.1) is 40.1 Å². The quantitative estimate of drug-likeness (QED) is 0.0809. The van der Waals surface area contributed by atoms with Crippen LogP contribution in [0.5, 0.6) is 0 Å². The molecule has 0 saturated heterocycles. The van der Waals surface area contributed by atoms with Crippen molar-refractivity contribution in [1.29, 1.82) is 5.26 Å². The van der Waals surface area contributed by atoms with E-state index in [2.05, 4.69) is 15.4 Å². The van der Waals surface area contributed by atoms with E-state index in [4.69, 9.17) is 14.7 Å². The van der Waals surface area contributed by atoms with Gasteiger partial charge in [-0.2, -0.15) is 23.0 Å². The molecule has 5 rings (SSSR count). The first kappa shape index (κ1) is 40.4. The molecular formula is C37H35F5N7O5S+. The van der Waals surface area contributed by atoms with Gasteiger partial charge in [-0.25, -0.2) is 18.6 Å². The average Bonchev–Trinajstić information content (AvgIpc) is 3.84. The number of aliphatic hydroxyl groups is 1. The van der Waals surface area contributed by atoms with Crippen molar-refractivity contribution in [2.45, 2.75) is 50.9 Å². The Kier molecular flexibility index (Phi) is 12.3. The second-order valence-corrected chi connectivity index (χ2v) is 13.4. The van der Waals surface area contributed by atoms with Gasteiger partial charge >= 0.3 is 18.2 Å².